The zero-order valence-corrected chi connectivity index (χ0v) is 15.5. The maximum Gasteiger partial charge on any atom is 0.255 e. The molecule has 0 spiro atoms. The first-order chi connectivity index (χ1) is 13.5. The van der Waals surface area contributed by atoms with Crippen LogP contribution in [-0.4, -0.2) is 38.8 Å². The van der Waals surface area contributed by atoms with E-state index in [1.807, 2.05) is 31.2 Å². The Balaban J connectivity index is 1.38. The van der Waals surface area contributed by atoms with E-state index in [9.17, 15) is 9.59 Å². The molecule has 1 aromatic carbocycles. The van der Waals surface area contributed by atoms with Crippen molar-refractivity contribution in [1.29, 1.82) is 0 Å². The summed E-state index contributed by atoms with van der Waals surface area (Å²) in [7, 11) is 0. The molecule has 28 heavy (non-hydrogen) atoms. The summed E-state index contributed by atoms with van der Waals surface area (Å²) in [6.07, 6.45) is 3.97. The van der Waals surface area contributed by atoms with E-state index in [2.05, 4.69) is 31.1 Å². The Labute approximate surface area is 161 Å². The molecule has 0 saturated carbocycles. The average molecular weight is 381 g/mol. The molecule has 0 unspecified atom stereocenters. The van der Waals surface area contributed by atoms with Gasteiger partial charge in [0.15, 0.2) is 0 Å². The SMILES string of the molecule is C[C@@H]1N[C@H](C(=O)NNC(=O)[C@@H](N)Cc2cnc[nH]2)Cc2c1[nH]c1ccccc21. The number of nitrogens with one attached hydrogen (secondary N) is 5. The maximum atomic E-state index is 12.6. The molecule has 146 valence electrons. The van der Waals surface area contributed by atoms with Crippen molar-refractivity contribution in [3.8, 4) is 0 Å². The van der Waals surface area contributed by atoms with Gasteiger partial charge in [-0.15, -0.1) is 0 Å². The second-order valence-electron chi connectivity index (χ2n) is 7.07. The van der Waals surface area contributed by atoms with Crippen molar-refractivity contribution in [2.24, 2.45) is 5.73 Å². The number of carbonyl (C=O) groups excluding carboxylic acids is 2. The summed E-state index contributed by atoms with van der Waals surface area (Å²) < 4.78 is 0. The van der Waals surface area contributed by atoms with Gasteiger partial charge in [-0.05, 0) is 25.0 Å². The van der Waals surface area contributed by atoms with E-state index in [4.69, 9.17) is 5.73 Å². The highest BCUT2D eigenvalue weighted by atomic mass is 16.2. The van der Waals surface area contributed by atoms with Crippen molar-refractivity contribution in [3.05, 3.63) is 53.7 Å². The number of para-hydroxylation sites is 1. The molecule has 3 atom stereocenters. The van der Waals surface area contributed by atoms with E-state index in [1.54, 1.807) is 6.20 Å². The van der Waals surface area contributed by atoms with E-state index in [0.717, 1.165) is 27.9 Å². The number of nitrogens with two attached hydrogens (primary N) is 1. The lowest BCUT2D eigenvalue weighted by molar-refractivity contribution is -0.130. The first kappa shape index (κ1) is 18.2. The molecule has 0 saturated heterocycles. The van der Waals surface area contributed by atoms with E-state index in [1.165, 1.54) is 6.33 Å². The number of amides is 2. The summed E-state index contributed by atoms with van der Waals surface area (Å²) >= 11 is 0. The fraction of sp³-hybridized carbons (Fsp3) is 0.316. The monoisotopic (exact) mass is 381 g/mol. The van der Waals surface area contributed by atoms with Crippen LogP contribution in [0.2, 0.25) is 0 Å². The van der Waals surface area contributed by atoms with Crippen LogP contribution in [0, 0.1) is 0 Å². The Hall–Kier alpha value is -3.17. The number of aromatic nitrogens is 3. The zero-order valence-electron chi connectivity index (χ0n) is 15.5. The lowest BCUT2D eigenvalue weighted by atomic mass is 9.94. The number of carbonyl (C=O) groups is 2. The molecule has 0 bridgehead atoms. The molecular formula is C19H23N7O2. The highest BCUT2D eigenvalue weighted by Gasteiger charge is 2.31. The van der Waals surface area contributed by atoms with Gasteiger partial charge in [-0.3, -0.25) is 25.8 Å². The topological polar surface area (TPSA) is 141 Å². The smallest absolute Gasteiger partial charge is 0.255 e. The molecule has 9 heteroatoms. The third kappa shape index (κ3) is 3.49. The minimum Gasteiger partial charge on any atom is -0.357 e. The van der Waals surface area contributed by atoms with E-state index >= 15 is 0 Å². The average Bonchev–Trinajstić information content (AvgIpc) is 3.33. The number of aromatic amines is 2. The Bertz CT molecular complexity index is 995. The lowest BCUT2D eigenvalue weighted by Gasteiger charge is -2.28. The second-order valence-corrected chi connectivity index (χ2v) is 7.07. The number of H-pyrrole nitrogens is 2. The van der Waals surface area contributed by atoms with Crippen molar-refractivity contribution >= 4 is 22.7 Å². The van der Waals surface area contributed by atoms with Crippen LogP contribution in [0.3, 0.4) is 0 Å². The Morgan fingerprint density at radius 1 is 1.32 bits per heavy atom. The quantitative estimate of drug-likeness (QED) is 0.358. The third-order valence-electron chi connectivity index (χ3n) is 5.10. The van der Waals surface area contributed by atoms with Gasteiger partial charge in [-0.25, -0.2) is 4.98 Å². The first-order valence-corrected chi connectivity index (χ1v) is 9.21. The summed E-state index contributed by atoms with van der Waals surface area (Å²) in [5, 5.41) is 4.40. The molecule has 0 radical (unpaired) electrons. The van der Waals surface area contributed by atoms with Gasteiger partial charge in [-0.1, -0.05) is 18.2 Å². The molecule has 3 aromatic rings. The highest BCUT2D eigenvalue weighted by Crippen LogP contribution is 2.31. The molecule has 0 fully saturated rings. The summed E-state index contributed by atoms with van der Waals surface area (Å²) in [4.78, 5) is 34.9. The Morgan fingerprint density at radius 2 is 2.14 bits per heavy atom. The van der Waals surface area contributed by atoms with E-state index in [0.29, 0.717) is 12.8 Å². The number of imidazole rings is 1. The Morgan fingerprint density at radius 3 is 2.93 bits per heavy atom. The van der Waals surface area contributed by atoms with Gasteiger partial charge in [0.25, 0.3) is 11.8 Å². The predicted octanol–water partition coefficient (Wildman–Crippen LogP) is 0.184. The van der Waals surface area contributed by atoms with Crippen molar-refractivity contribution in [2.75, 3.05) is 0 Å². The van der Waals surface area contributed by atoms with E-state index < -0.39 is 18.0 Å². The second kappa shape index (κ2) is 7.45. The molecule has 3 heterocycles. The minimum atomic E-state index is -0.792. The highest BCUT2D eigenvalue weighted by molar-refractivity contribution is 5.90. The van der Waals surface area contributed by atoms with Gasteiger partial charge < -0.3 is 15.7 Å². The fourth-order valence-electron chi connectivity index (χ4n) is 3.66. The number of fused-ring (bicyclic) bond motifs is 3. The third-order valence-corrected chi connectivity index (χ3v) is 5.10. The molecular weight excluding hydrogens is 358 g/mol. The molecule has 0 aliphatic carbocycles. The van der Waals surface area contributed by atoms with Gasteiger partial charge in [0.05, 0.1) is 18.4 Å². The van der Waals surface area contributed by atoms with Crippen molar-refractivity contribution in [1.82, 2.24) is 31.1 Å². The molecule has 4 rings (SSSR count). The number of nitrogens with zero attached hydrogens (tertiary/aromatic N) is 1. The van der Waals surface area contributed by atoms with Crippen molar-refractivity contribution < 1.29 is 9.59 Å². The van der Waals surface area contributed by atoms with Crippen LogP contribution in [0.1, 0.15) is 29.9 Å². The largest absolute Gasteiger partial charge is 0.357 e. The van der Waals surface area contributed by atoms with Gasteiger partial charge in [-0.2, -0.15) is 0 Å². The van der Waals surface area contributed by atoms with Crippen LogP contribution in [0.4, 0.5) is 0 Å². The molecule has 1 aliphatic rings. The van der Waals surface area contributed by atoms with Gasteiger partial charge in [0.1, 0.15) is 0 Å². The number of hydrogen-bond acceptors (Lipinski definition) is 5. The van der Waals surface area contributed by atoms with Crippen LogP contribution in [0.15, 0.2) is 36.8 Å². The summed E-state index contributed by atoms with van der Waals surface area (Å²) in [6.45, 7) is 2.01. The van der Waals surface area contributed by atoms with Crippen LogP contribution in [-0.2, 0) is 22.4 Å². The fourth-order valence-corrected chi connectivity index (χ4v) is 3.66. The Kier molecular flexibility index (Phi) is 4.84. The standard InChI is InChI=1S/C19H23N7O2/c1-10-17-13(12-4-2-3-5-15(12)24-17)7-16(23-10)19(28)26-25-18(27)14(20)6-11-8-21-9-22-11/h2-5,8-10,14,16,23-24H,6-7,20H2,1H3,(H,21,22)(H,25,27)(H,26,28)/t10-,14-,16-/m0/s1. The predicted molar refractivity (Wildman–Crippen MR) is 104 cm³/mol. The van der Waals surface area contributed by atoms with Crippen LogP contribution >= 0.6 is 0 Å². The lowest BCUT2D eigenvalue weighted by Crippen LogP contribution is -2.56. The summed E-state index contributed by atoms with van der Waals surface area (Å²) in [5.74, 6) is -0.760. The zero-order chi connectivity index (χ0) is 19.7. The van der Waals surface area contributed by atoms with Gasteiger partial charge >= 0.3 is 0 Å². The minimum absolute atomic E-state index is 0.00904. The molecule has 2 amide bonds. The van der Waals surface area contributed by atoms with Crippen LogP contribution in [0.5, 0.6) is 0 Å². The molecule has 7 N–H and O–H groups in total. The van der Waals surface area contributed by atoms with Crippen LogP contribution < -0.4 is 21.9 Å². The number of rotatable bonds is 4. The first-order valence-electron chi connectivity index (χ1n) is 9.21. The van der Waals surface area contributed by atoms with Crippen LogP contribution in [0.25, 0.3) is 10.9 Å². The van der Waals surface area contributed by atoms with E-state index in [-0.39, 0.29) is 11.9 Å². The molecule has 9 nitrogen and oxygen atoms in total. The number of benzene rings is 1. The van der Waals surface area contributed by atoms with Gasteiger partial charge in [0, 0.05) is 41.0 Å². The molecule has 1 aliphatic heterocycles. The van der Waals surface area contributed by atoms with Crippen molar-refractivity contribution in [2.45, 2.75) is 37.9 Å². The summed E-state index contributed by atoms with van der Waals surface area (Å²) in [5.41, 5.74) is 14.8. The number of hydrogen-bond donors (Lipinski definition) is 6. The summed E-state index contributed by atoms with van der Waals surface area (Å²) in [6, 6.07) is 6.79. The molecule has 2 aromatic heterocycles. The normalized spacial score (nSPS) is 19.8. The maximum absolute atomic E-state index is 12.6. The van der Waals surface area contributed by atoms with Crippen molar-refractivity contribution in [3.63, 3.8) is 0 Å². The number of hydrazine groups is 1. The van der Waals surface area contributed by atoms with Gasteiger partial charge in [0.2, 0.25) is 0 Å².